The van der Waals surface area contributed by atoms with Crippen LogP contribution in [0.4, 0.5) is 0 Å². The first-order valence-electron chi connectivity index (χ1n) is 7.84. The van der Waals surface area contributed by atoms with Gasteiger partial charge in [-0.1, -0.05) is 58.3 Å². The first kappa shape index (κ1) is 16.8. The van der Waals surface area contributed by atoms with E-state index in [0.29, 0.717) is 5.37 Å². The molecule has 1 aliphatic heterocycles. The van der Waals surface area contributed by atoms with Crippen LogP contribution >= 0.6 is 11.8 Å². The van der Waals surface area contributed by atoms with Crippen LogP contribution in [0.25, 0.3) is 0 Å². The molecule has 0 radical (unpaired) electrons. The topological polar surface area (TPSA) is 49.3 Å². The summed E-state index contributed by atoms with van der Waals surface area (Å²) in [5, 5.41) is 12.6. The molecule has 112 valence electrons. The fourth-order valence-electron chi connectivity index (χ4n) is 2.51. The van der Waals surface area contributed by atoms with Gasteiger partial charge in [0.05, 0.1) is 5.37 Å². The monoisotopic (exact) mass is 287 g/mol. The third-order valence-electron chi connectivity index (χ3n) is 3.73. The van der Waals surface area contributed by atoms with Crippen LogP contribution in [0.3, 0.4) is 0 Å². The van der Waals surface area contributed by atoms with Crippen LogP contribution in [0, 0.1) is 0 Å². The maximum Gasteiger partial charge on any atom is 0.320 e. The lowest BCUT2D eigenvalue weighted by atomic mass is 10.1. The summed E-state index contributed by atoms with van der Waals surface area (Å²) < 4.78 is 0. The molecule has 2 N–H and O–H groups in total. The molecule has 0 saturated carbocycles. The second-order valence-corrected chi connectivity index (χ2v) is 6.78. The highest BCUT2D eigenvalue weighted by atomic mass is 32.2. The largest absolute Gasteiger partial charge is 0.480 e. The molecule has 0 bridgehead atoms. The predicted octanol–water partition coefficient (Wildman–Crippen LogP) is 4.02. The van der Waals surface area contributed by atoms with E-state index in [1.807, 2.05) is 11.8 Å². The molecule has 1 fully saturated rings. The van der Waals surface area contributed by atoms with Crippen LogP contribution in [0.15, 0.2) is 0 Å². The zero-order valence-electron chi connectivity index (χ0n) is 12.2. The van der Waals surface area contributed by atoms with E-state index in [9.17, 15) is 4.79 Å². The Morgan fingerprint density at radius 1 is 1.16 bits per heavy atom. The highest BCUT2D eigenvalue weighted by Gasteiger charge is 2.25. The number of thioether (sulfide) groups is 1. The molecule has 1 saturated heterocycles. The van der Waals surface area contributed by atoms with E-state index >= 15 is 0 Å². The van der Waals surface area contributed by atoms with Crippen molar-refractivity contribution in [3.05, 3.63) is 0 Å². The van der Waals surface area contributed by atoms with E-state index in [-0.39, 0.29) is 6.04 Å². The molecule has 3 nitrogen and oxygen atoms in total. The third kappa shape index (κ3) is 7.83. The normalized spacial score (nSPS) is 23.4. The molecular formula is C15H29NO2S. The lowest BCUT2D eigenvalue weighted by molar-refractivity contribution is -0.139. The van der Waals surface area contributed by atoms with Gasteiger partial charge in [-0.15, -0.1) is 11.8 Å². The zero-order chi connectivity index (χ0) is 13.9. The minimum absolute atomic E-state index is 0.319. The SMILES string of the molecule is CCCCCCCCCC[C@H]1N[C@H](C(=O)O)CCS1. The van der Waals surface area contributed by atoms with Gasteiger partial charge in [0.2, 0.25) is 0 Å². The van der Waals surface area contributed by atoms with Crippen LogP contribution in [0.2, 0.25) is 0 Å². The summed E-state index contributed by atoms with van der Waals surface area (Å²) in [6, 6.07) is -0.319. The molecule has 1 aliphatic rings. The number of aliphatic carboxylic acids is 1. The van der Waals surface area contributed by atoms with E-state index in [0.717, 1.165) is 18.6 Å². The Kier molecular flexibility index (Phi) is 9.35. The van der Waals surface area contributed by atoms with Gasteiger partial charge in [0.15, 0.2) is 0 Å². The summed E-state index contributed by atoms with van der Waals surface area (Å²) in [5.41, 5.74) is 0. The van der Waals surface area contributed by atoms with Gasteiger partial charge in [-0.2, -0.15) is 0 Å². The Labute approximate surface area is 121 Å². The Hall–Kier alpha value is -0.220. The van der Waals surface area contributed by atoms with E-state index in [4.69, 9.17) is 5.11 Å². The van der Waals surface area contributed by atoms with Crippen LogP contribution in [0.5, 0.6) is 0 Å². The Morgan fingerprint density at radius 3 is 2.42 bits per heavy atom. The zero-order valence-corrected chi connectivity index (χ0v) is 13.0. The quantitative estimate of drug-likeness (QED) is 0.596. The number of unbranched alkanes of at least 4 members (excludes halogenated alkanes) is 7. The van der Waals surface area contributed by atoms with Gasteiger partial charge in [0.25, 0.3) is 0 Å². The van der Waals surface area contributed by atoms with Crippen LogP contribution in [0.1, 0.15) is 71.1 Å². The minimum Gasteiger partial charge on any atom is -0.480 e. The standard InChI is InChI=1S/C15H29NO2S/c1-2-3-4-5-6-7-8-9-10-14-16-13(15(17)18)11-12-19-14/h13-14,16H,2-12H2,1H3,(H,17,18)/t13-,14-/m0/s1. The van der Waals surface area contributed by atoms with Gasteiger partial charge < -0.3 is 5.11 Å². The summed E-state index contributed by atoms with van der Waals surface area (Å²) in [4.78, 5) is 10.9. The first-order chi connectivity index (χ1) is 9.24. The second-order valence-electron chi connectivity index (χ2n) is 5.47. The van der Waals surface area contributed by atoms with Crippen LogP contribution < -0.4 is 5.32 Å². The number of carbonyl (C=O) groups is 1. The molecule has 0 aromatic rings. The smallest absolute Gasteiger partial charge is 0.320 e. The molecule has 0 aliphatic carbocycles. The van der Waals surface area contributed by atoms with Crippen molar-refractivity contribution < 1.29 is 9.90 Å². The molecule has 0 unspecified atom stereocenters. The van der Waals surface area contributed by atoms with Gasteiger partial charge >= 0.3 is 5.97 Å². The van der Waals surface area contributed by atoms with E-state index in [2.05, 4.69) is 12.2 Å². The second kappa shape index (κ2) is 10.6. The van der Waals surface area contributed by atoms with Crippen molar-refractivity contribution in [2.24, 2.45) is 0 Å². The van der Waals surface area contributed by atoms with Gasteiger partial charge in [-0.3, -0.25) is 10.1 Å². The first-order valence-corrected chi connectivity index (χ1v) is 8.89. The predicted molar refractivity (Wildman–Crippen MR) is 82.6 cm³/mol. The number of carboxylic acids is 1. The molecule has 1 rings (SSSR count). The van der Waals surface area contributed by atoms with Gasteiger partial charge in [0.1, 0.15) is 6.04 Å². The van der Waals surface area contributed by atoms with Gasteiger partial charge in [0, 0.05) is 0 Å². The van der Waals surface area contributed by atoms with Crippen molar-refractivity contribution in [1.82, 2.24) is 5.32 Å². The molecule has 19 heavy (non-hydrogen) atoms. The highest BCUT2D eigenvalue weighted by molar-refractivity contribution is 7.99. The minimum atomic E-state index is -0.693. The fourth-order valence-corrected chi connectivity index (χ4v) is 3.76. The fraction of sp³-hybridized carbons (Fsp3) is 0.933. The Bertz CT molecular complexity index is 248. The average Bonchev–Trinajstić information content (AvgIpc) is 2.42. The van der Waals surface area contributed by atoms with Crippen molar-refractivity contribution in [1.29, 1.82) is 0 Å². The number of hydrogen-bond donors (Lipinski definition) is 2. The molecule has 0 aromatic heterocycles. The van der Waals surface area contributed by atoms with E-state index < -0.39 is 5.97 Å². The van der Waals surface area contributed by atoms with Crippen molar-refractivity contribution in [2.45, 2.75) is 82.5 Å². The number of carboxylic acid groups (broad SMARTS) is 1. The van der Waals surface area contributed by atoms with E-state index in [1.165, 1.54) is 51.4 Å². The summed E-state index contributed by atoms with van der Waals surface area (Å²) >= 11 is 1.88. The summed E-state index contributed by atoms with van der Waals surface area (Å²) in [7, 11) is 0. The molecule has 4 heteroatoms. The lowest BCUT2D eigenvalue weighted by Crippen LogP contribution is -2.45. The summed E-state index contributed by atoms with van der Waals surface area (Å²) in [6.45, 7) is 2.25. The van der Waals surface area contributed by atoms with Crippen molar-refractivity contribution in [3.63, 3.8) is 0 Å². The Balaban J connectivity index is 1.95. The third-order valence-corrected chi connectivity index (χ3v) is 4.98. The van der Waals surface area contributed by atoms with Crippen molar-refractivity contribution >= 4 is 17.7 Å². The van der Waals surface area contributed by atoms with Gasteiger partial charge in [-0.25, -0.2) is 0 Å². The van der Waals surface area contributed by atoms with Crippen LogP contribution in [-0.4, -0.2) is 28.2 Å². The average molecular weight is 287 g/mol. The number of hydrogen-bond acceptors (Lipinski definition) is 3. The molecule has 0 aromatic carbocycles. The summed E-state index contributed by atoms with van der Waals surface area (Å²) in [5.74, 6) is 0.285. The van der Waals surface area contributed by atoms with Crippen LogP contribution in [-0.2, 0) is 4.79 Å². The maximum absolute atomic E-state index is 10.9. The maximum atomic E-state index is 10.9. The molecule has 2 atom stereocenters. The molecule has 0 amide bonds. The van der Waals surface area contributed by atoms with Crippen molar-refractivity contribution in [3.8, 4) is 0 Å². The molecular weight excluding hydrogens is 258 g/mol. The lowest BCUT2D eigenvalue weighted by Gasteiger charge is -2.28. The van der Waals surface area contributed by atoms with Gasteiger partial charge in [-0.05, 0) is 18.6 Å². The van der Waals surface area contributed by atoms with Crippen molar-refractivity contribution in [2.75, 3.05) is 5.75 Å². The number of nitrogens with one attached hydrogen (secondary N) is 1. The van der Waals surface area contributed by atoms with E-state index in [1.54, 1.807) is 0 Å². The number of rotatable bonds is 10. The molecule has 0 spiro atoms. The summed E-state index contributed by atoms with van der Waals surface area (Å²) in [6.07, 6.45) is 12.5. The molecule has 1 heterocycles. The highest BCUT2D eigenvalue weighted by Crippen LogP contribution is 2.23. The Morgan fingerprint density at radius 2 is 1.79 bits per heavy atom.